The van der Waals surface area contributed by atoms with Gasteiger partial charge in [0, 0.05) is 20.0 Å². The number of nitrogens with one attached hydrogen (secondary N) is 1. The zero-order valence-corrected chi connectivity index (χ0v) is 7.95. The summed E-state index contributed by atoms with van der Waals surface area (Å²) >= 11 is 0. The Morgan fingerprint density at radius 3 is 2.64 bits per heavy atom. The van der Waals surface area contributed by atoms with Gasteiger partial charge in [-0.2, -0.15) is 0 Å². The van der Waals surface area contributed by atoms with E-state index >= 15 is 0 Å². The number of esters is 2. The Balaban J connectivity index is 3.17. The molecule has 0 amide bonds. The van der Waals surface area contributed by atoms with Gasteiger partial charge >= 0.3 is 18.4 Å². The summed E-state index contributed by atoms with van der Waals surface area (Å²) in [6.45, 7) is 2.53. The van der Waals surface area contributed by atoms with Crippen molar-refractivity contribution in [2.45, 2.75) is 13.3 Å². The minimum atomic E-state index is -0.583. The molecular weight excluding hydrogens is 190 g/mol. The minimum Gasteiger partial charge on any atom is -0.465 e. The quantitative estimate of drug-likeness (QED) is 0.253. The lowest BCUT2D eigenvalue weighted by Crippen LogP contribution is -2.24. The first-order valence-corrected chi connectivity index (χ1v) is 4.14. The Hall–Kier alpha value is -1.43. The van der Waals surface area contributed by atoms with Gasteiger partial charge in [0.15, 0.2) is 0 Å². The van der Waals surface area contributed by atoms with Crippen LogP contribution in [0.15, 0.2) is 0 Å². The lowest BCUT2D eigenvalue weighted by molar-refractivity contribution is -0.151. The van der Waals surface area contributed by atoms with Crippen LogP contribution < -0.4 is 5.32 Å². The Kier molecular flexibility index (Phi) is 7.35. The Bertz CT molecular complexity index is 204. The molecule has 0 saturated heterocycles. The van der Waals surface area contributed by atoms with E-state index in [1.54, 1.807) is 0 Å². The zero-order valence-electron chi connectivity index (χ0n) is 7.95. The van der Waals surface area contributed by atoms with Crippen molar-refractivity contribution in [3.05, 3.63) is 0 Å². The second-order valence-corrected chi connectivity index (χ2v) is 2.43. The van der Waals surface area contributed by atoms with Crippen LogP contribution in [0.5, 0.6) is 0 Å². The molecule has 6 nitrogen and oxygen atoms in total. The number of ether oxygens (including phenoxy) is 2. The average molecular weight is 203 g/mol. The summed E-state index contributed by atoms with van der Waals surface area (Å²) in [5.41, 5.74) is 0. The fourth-order valence-electron chi connectivity index (χ4n) is 0.695. The van der Waals surface area contributed by atoms with Crippen molar-refractivity contribution in [1.82, 2.24) is 5.32 Å². The molecule has 80 valence electrons. The van der Waals surface area contributed by atoms with E-state index in [1.807, 2.05) is 0 Å². The number of carbonyl (C=O) groups excluding carboxylic acids is 3. The molecule has 0 aliphatic rings. The summed E-state index contributed by atoms with van der Waals surface area (Å²) in [6, 6.07) is 0. The highest BCUT2D eigenvalue weighted by Crippen LogP contribution is 1.81. The van der Waals surface area contributed by atoms with E-state index < -0.39 is 5.97 Å². The van der Waals surface area contributed by atoms with Gasteiger partial charge in [-0.1, -0.05) is 0 Å². The van der Waals surface area contributed by atoms with Crippen molar-refractivity contribution in [3.8, 4) is 0 Å². The monoisotopic (exact) mass is 203 g/mol. The van der Waals surface area contributed by atoms with Crippen LogP contribution in [0, 0.1) is 0 Å². The molecule has 0 rings (SSSR count). The van der Waals surface area contributed by atoms with E-state index in [4.69, 9.17) is 0 Å². The van der Waals surface area contributed by atoms with E-state index in [1.165, 1.54) is 6.92 Å². The first-order valence-electron chi connectivity index (χ1n) is 4.14. The van der Waals surface area contributed by atoms with Crippen LogP contribution >= 0.6 is 0 Å². The normalized spacial score (nSPS) is 9.21. The van der Waals surface area contributed by atoms with Crippen molar-refractivity contribution in [1.29, 1.82) is 0 Å². The maximum absolute atomic E-state index is 10.6. The van der Waals surface area contributed by atoms with E-state index in [0.717, 1.165) is 0 Å². The molecule has 0 spiro atoms. The fourth-order valence-corrected chi connectivity index (χ4v) is 0.695. The van der Waals surface area contributed by atoms with E-state index in [0.29, 0.717) is 13.1 Å². The average Bonchev–Trinajstić information content (AvgIpc) is 2.11. The van der Waals surface area contributed by atoms with Crippen molar-refractivity contribution in [2.75, 3.05) is 19.7 Å². The highest BCUT2D eigenvalue weighted by Gasteiger charge is 2.00. The van der Waals surface area contributed by atoms with E-state index in [9.17, 15) is 14.4 Å². The molecule has 0 radical (unpaired) electrons. The molecule has 0 aromatic heterocycles. The minimum absolute atomic E-state index is 0.0984. The zero-order chi connectivity index (χ0) is 10.8. The molecule has 0 aromatic rings. The van der Waals surface area contributed by atoms with Crippen molar-refractivity contribution < 1.29 is 23.9 Å². The molecule has 14 heavy (non-hydrogen) atoms. The van der Waals surface area contributed by atoms with Crippen molar-refractivity contribution in [3.63, 3.8) is 0 Å². The predicted molar refractivity (Wildman–Crippen MR) is 46.3 cm³/mol. The number of hydrogen-bond donors (Lipinski definition) is 1. The molecule has 0 aliphatic heterocycles. The molecule has 6 heteroatoms. The van der Waals surface area contributed by atoms with E-state index in [2.05, 4.69) is 14.8 Å². The smallest absolute Gasteiger partial charge is 0.314 e. The molecule has 0 aromatic carbocycles. The summed E-state index contributed by atoms with van der Waals surface area (Å²) in [5, 5.41) is 2.84. The summed E-state index contributed by atoms with van der Waals surface area (Å²) in [4.78, 5) is 30.6. The lowest BCUT2D eigenvalue weighted by atomic mass is 10.4. The third-order valence-corrected chi connectivity index (χ3v) is 1.27. The Morgan fingerprint density at radius 1 is 1.36 bits per heavy atom. The van der Waals surface area contributed by atoms with Crippen molar-refractivity contribution in [2.24, 2.45) is 0 Å². The largest absolute Gasteiger partial charge is 0.465 e. The summed E-state index contributed by atoms with van der Waals surface area (Å²) in [7, 11) is 0. The van der Waals surface area contributed by atoms with Gasteiger partial charge in [-0.15, -0.1) is 0 Å². The van der Waals surface area contributed by atoms with Crippen LogP contribution in [0.2, 0.25) is 0 Å². The van der Waals surface area contributed by atoms with Gasteiger partial charge in [-0.3, -0.25) is 14.4 Å². The van der Waals surface area contributed by atoms with Gasteiger partial charge in [0.2, 0.25) is 0 Å². The van der Waals surface area contributed by atoms with Crippen LogP contribution in [0.4, 0.5) is 0 Å². The molecule has 0 fully saturated rings. The lowest BCUT2D eigenvalue weighted by Gasteiger charge is -2.03. The molecule has 1 N–H and O–H groups in total. The Labute approximate surface area is 81.6 Å². The number of hydrogen-bond acceptors (Lipinski definition) is 6. The predicted octanol–water partition coefficient (Wildman–Crippen LogP) is -0.771. The van der Waals surface area contributed by atoms with Gasteiger partial charge in [0.1, 0.15) is 6.61 Å². The van der Waals surface area contributed by atoms with Gasteiger partial charge in [0.05, 0.1) is 6.42 Å². The maximum Gasteiger partial charge on any atom is 0.314 e. The van der Waals surface area contributed by atoms with Gasteiger partial charge < -0.3 is 14.8 Å². The molecule has 0 aliphatic carbocycles. The van der Waals surface area contributed by atoms with Gasteiger partial charge in [-0.05, 0) is 0 Å². The van der Waals surface area contributed by atoms with Crippen molar-refractivity contribution >= 4 is 18.4 Å². The maximum atomic E-state index is 10.6. The summed E-state index contributed by atoms with van der Waals surface area (Å²) in [6.07, 6.45) is 0.110. The molecule has 0 bridgehead atoms. The van der Waals surface area contributed by atoms with Gasteiger partial charge in [-0.25, -0.2) is 0 Å². The first kappa shape index (κ1) is 12.6. The molecule has 0 atom stereocenters. The molecule has 0 unspecified atom stereocenters. The number of carbonyl (C=O) groups is 3. The first-order chi connectivity index (χ1) is 6.66. The second kappa shape index (κ2) is 8.18. The highest BCUT2D eigenvalue weighted by atomic mass is 16.6. The third kappa shape index (κ3) is 8.66. The van der Waals surface area contributed by atoms with Crippen LogP contribution in [-0.2, 0) is 23.9 Å². The SMILES string of the molecule is CC(=O)OCCNCCC(=O)OC=O. The Morgan fingerprint density at radius 2 is 2.07 bits per heavy atom. The molecule has 0 heterocycles. The molecule has 0 saturated carbocycles. The third-order valence-electron chi connectivity index (χ3n) is 1.27. The summed E-state index contributed by atoms with van der Waals surface area (Å²) in [5.74, 6) is -0.924. The van der Waals surface area contributed by atoms with E-state index in [-0.39, 0.29) is 25.5 Å². The fraction of sp³-hybridized carbons (Fsp3) is 0.625. The van der Waals surface area contributed by atoms with Crippen LogP contribution in [0.25, 0.3) is 0 Å². The van der Waals surface area contributed by atoms with Crippen LogP contribution in [0.1, 0.15) is 13.3 Å². The standard InChI is InChI=1S/C8H13NO5/c1-7(11)13-5-4-9-3-2-8(12)14-6-10/h6,9H,2-5H2,1H3. The van der Waals surface area contributed by atoms with Gasteiger partial charge in [0.25, 0.3) is 0 Å². The highest BCUT2D eigenvalue weighted by molar-refractivity contribution is 5.76. The molecular formula is C8H13NO5. The second-order valence-electron chi connectivity index (χ2n) is 2.43. The van der Waals surface area contributed by atoms with Crippen LogP contribution in [0.3, 0.4) is 0 Å². The summed E-state index contributed by atoms with van der Waals surface area (Å²) < 4.78 is 8.66. The van der Waals surface area contributed by atoms with Crippen LogP contribution in [-0.4, -0.2) is 38.1 Å². The number of rotatable bonds is 7. The topological polar surface area (TPSA) is 81.7 Å².